The third kappa shape index (κ3) is 5.63. The highest BCUT2D eigenvalue weighted by Crippen LogP contribution is 2.16. The maximum atomic E-state index is 13.7. The fraction of sp³-hybridized carbons (Fsp3) is 0.529. The largest absolute Gasteiger partial charge is 0.481 e. The average Bonchev–Trinajstić information content (AvgIpc) is 2.52. The normalized spacial score (nSPS) is 12.0. The number of carboxylic acids is 1. The first-order chi connectivity index (χ1) is 10.9. The lowest BCUT2D eigenvalue weighted by Crippen LogP contribution is -2.38. The van der Waals surface area contributed by atoms with Crippen molar-refractivity contribution in [1.29, 1.82) is 0 Å². The third-order valence-electron chi connectivity index (χ3n) is 3.62. The lowest BCUT2D eigenvalue weighted by Gasteiger charge is -2.25. The number of rotatable bonds is 9. The summed E-state index contributed by atoms with van der Waals surface area (Å²) in [5.74, 6) is -2.47. The quantitative estimate of drug-likeness (QED) is 0.709. The van der Waals surface area contributed by atoms with Crippen LogP contribution in [0.3, 0.4) is 0 Å². The molecule has 0 saturated heterocycles. The monoisotopic (exact) mass is 325 g/mol. The van der Waals surface area contributed by atoms with Gasteiger partial charge in [0, 0.05) is 31.9 Å². The second kappa shape index (κ2) is 9.25. The number of ether oxygens (including phenoxy) is 1. The number of carbonyl (C=O) groups excluding carboxylic acids is 1. The van der Waals surface area contributed by atoms with Gasteiger partial charge in [0.1, 0.15) is 5.82 Å². The molecule has 0 saturated carbocycles. The summed E-state index contributed by atoms with van der Waals surface area (Å²) in [6.45, 7) is 6.49. The standard InChI is InChI=1S/C17H24FNO4/c1-4-23-10-6-9-19(11-12(2)17(21)22)16(20)14-7-5-8-15(18)13(14)3/h5,7-8,12H,4,6,9-11H2,1-3H3,(H,21,22). The summed E-state index contributed by atoms with van der Waals surface area (Å²) in [6, 6.07) is 4.34. The van der Waals surface area contributed by atoms with Crippen molar-refractivity contribution in [3.05, 3.63) is 35.1 Å². The summed E-state index contributed by atoms with van der Waals surface area (Å²) in [7, 11) is 0. The molecule has 0 heterocycles. The summed E-state index contributed by atoms with van der Waals surface area (Å²) in [4.78, 5) is 25.2. The van der Waals surface area contributed by atoms with Gasteiger partial charge < -0.3 is 14.7 Å². The second-order valence-electron chi connectivity index (χ2n) is 5.45. The molecule has 1 rings (SSSR count). The number of halogens is 1. The molecule has 0 aliphatic rings. The Morgan fingerprint density at radius 2 is 2.09 bits per heavy atom. The molecule has 5 nitrogen and oxygen atoms in total. The van der Waals surface area contributed by atoms with E-state index in [9.17, 15) is 14.0 Å². The Kier molecular flexibility index (Phi) is 7.68. The van der Waals surface area contributed by atoms with Crippen molar-refractivity contribution < 1.29 is 23.8 Å². The van der Waals surface area contributed by atoms with Crippen molar-refractivity contribution in [1.82, 2.24) is 4.90 Å². The second-order valence-corrected chi connectivity index (χ2v) is 5.45. The smallest absolute Gasteiger partial charge is 0.308 e. The molecule has 0 aliphatic heterocycles. The molecule has 0 spiro atoms. The maximum Gasteiger partial charge on any atom is 0.308 e. The molecular formula is C17H24FNO4. The molecule has 1 N–H and O–H groups in total. The van der Waals surface area contributed by atoms with Gasteiger partial charge in [-0.05, 0) is 38.0 Å². The van der Waals surface area contributed by atoms with E-state index in [2.05, 4.69) is 0 Å². The van der Waals surface area contributed by atoms with Crippen molar-refractivity contribution in [2.24, 2.45) is 5.92 Å². The number of amides is 1. The highest BCUT2D eigenvalue weighted by atomic mass is 19.1. The van der Waals surface area contributed by atoms with Crippen molar-refractivity contribution >= 4 is 11.9 Å². The zero-order valence-corrected chi connectivity index (χ0v) is 13.8. The Bertz CT molecular complexity index is 547. The maximum absolute atomic E-state index is 13.7. The molecule has 0 aromatic heterocycles. The predicted octanol–water partition coefficient (Wildman–Crippen LogP) is 2.72. The van der Waals surface area contributed by atoms with E-state index in [-0.39, 0.29) is 23.6 Å². The van der Waals surface area contributed by atoms with Crippen LogP contribution in [-0.4, -0.2) is 48.2 Å². The Hall–Kier alpha value is -1.95. The number of benzene rings is 1. The van der Waals surface area contributed by atoms with Gasteiger partial charge in [-0.15, -0.1) is 0 Å². The van der Waals surface area contributed by atoms with Gasteiger partial charge >= 0.3 is 5.97 Å². The van der Waals surface area contributed by atoms with Crippen LogP contribution in [-0.2, 0) is 9.53 Å². The Morgan fingerprint density at radius 3 is 2.70 bits per heavy atom. The van der Waals surface area contributed by atoms with E-state index < -0.39 is 17.7 Å². The first-order valence-corrected chi connectivity index (χ1v) is 7.73. The molecule has 1 aromatic rings. The minimum Gasteiger partial charge on any atom is -0.481 e. The van der Waals surface area contributed by atoms with E-state index in [1.165, 1.54) is 17.0 Å². The molecule has 0 fully saturated rings. The Balaban J connectivity index is 2.90. The molecule has 1 amide bonds. The summed E-state index contributed by atoms with van der Waals surface area (Å²) in [5, 5.41) is 9.07. The van der Waals surface area contributed by atoms with Gasteiger partial charge in [0.05, 0.1) is 5.92 Å². The van der Waals surface area contributed by atoms with Crippen molar-refractivity contribution in [3.63, 3.8) is 0 Å². The molecule has 1 unspecified atom stereocenters. The zero-order chi connectivity index (χ0) is 17.4. The molecule has 1 aromatic carbocycles. The highest BCUT2D eigenvalue weighted by molar-refractivity contribution is 5.95. The van der Waals surface area contributed by atoms with Crippen molar-refractivity contribution in [3.8, 4) is 0 Å². The topological polar surface area (TPSA) is 66.8 Å². The van der Waals surface area contributed by atoms with Crippen LogP contribution in [0.15, 0.2) is 18.2 Å². The van der Waals surface area contributed by atoms with E-state index in [4.69, 9.17) is 9.84 Å². The van der Waals surface area contributed by atoms with Crippen LogP contribution >= 0.6 is 0 Å². The summed E-state index contributed by atoms with van der Waals surface area (Å²) >= 11 is 0. The molecular weight excluding hydrogens is 301 g/mol. The van der Waals surface area contributed by atoms with Crippen molar-refractivity contribution in [2.45, 2.75) is 27.2 Å². The third-order valence-corrected chi connectivity index (χ3v) is 3.62. The summed E-state index contributed by atoms with van der Waals surface area (Å²) in [6.07, 6.45) is 0.598. The van der Waals surface area contributed by atoms with Crippen LogP contribution in [0.5, 0.6) is 0 Å². The van der Waals surface area contributed by atoms with Gasteiger partial charge in [0.15, 0.2) is 0 Å². The van der Waals surface area contributed by atoms with Crippen molar-refractivity contribution in [2.75, 3.05) is 26.3 Å². The SMILES string of the molecule is CCOCCCN(CC(C)C(=O)O)C(=O)c1cccc(F)c1C. The van der Waals surface area contributed by atoms with Gasteiger partial charge in [-0.2, -0.15) is 0 Å². The fourth-order valence-corrected chi connectivity index (χ4v) is 2.20. The number of hydrogen-bond donors (Lipinski definition) is 1. The van der Waals surface area contributed by atoms with Gasteiger partial charge in [-0.3, -0.25) is 9.59 Å². The molecule has 0 aliphatic carbocycles. The molecule has 23 heavy (non-hydrogen) atoms. The number of aliphatic carboxylic acids is 1. The van der Waals surface area contributed by atoms with E-state index in [0.29, 0.717) is 26.2 Å². The van der Waals surface area contributed by atoms with E-state index >= 15 is 0 Å². The first kappa shape index (κ1) is 19.1. The molecule has 128 valence electrons. The molecule has 6 heteroatoms. The van der Waals surface area contributed by atoms with Crippen LogP contribution in [0.1, 0.15) is 36.2 Å². The van der Waals surface area contributed by atoms with Crippen LogP contribution in [0, 0.1) is 18.7 Å². The van der Waals surface area contributed by atoms with Crippen LogP contribution in [0.2, 0.25) is 0 Å². The number of hydrogen-bond acceptors (Lipinski definition) is 3. The number of carbonyl (C=O) groups is 2. The van der Waals surface area contributed by atoms with Gasteiger partial charge in [0.25, 0.3) is 5.91 Å². The lowest BCUT2D eigenvalue weighted by atomic mass is 10.1. The number of carboxylic acid groups (broad SMARTS) is 1. The fourth-order valence-electron chi connectivity index (χ4n) is 2.20. The molecule has 0 bridgehead atoms. The average molecular weight is 325 g/mol. The Morgan fingerprint density at radius 1 is 1.39 bits per heavy atom. The van der Waals surface area contributed by atoms with E-state index in [1.54, 1.807) is 19.9 Å². The van der Waals surface area contributed by atoms with Crippen LogP contribution in [0.4, 0.5) is 4.39 Å². The molecule has 0 radical (unpaired) electrons. The van der Waals surface area contributed by atoms with Gasteiger partial charge in [-0.1, -0.05) is 13.0 Å². The van der Waals surface area contributed by atoms with Gasteiger partial charge in [0.2, 0.25) is 0 Å². The number of nitrogens with zero attached hydrogens (tertiary/aromatic N) is 1. The zero-order valence-electron chi connectivity index (χ0n) is 13.8. The summed E-state index contributed by atoms with van der Waals surface area (Å²) < 4.78 is 18.9. The highest BCUT2D eigenvalue weighted by Gasteiger charge is 2.23. The van der Waals surface area contributed by atoms with Gasteiger partial charge in [-0.25, -0.2) is 4.39 Å². The van der Waals surface area contributed by atoms with Crippen LogP contribution < -0.4 is 0 Å². The summed E-state index contributed by atoms with van der Waals surface area (Å²) in [5.41, 5.74) is 0.536. The van der Waals surface area contributed by atoms with E-state index in [1.807, 2.05) is 6.92 Å². The molecule has 1 atom stereocenters. The minimum absolute atomic E-state index is 0.0796. The lowest BCUT2D eigenvalue weighted by molar-refractivity contribution is -0.141. The van der Waals surface area contributed by atoms with Crippen LogP contribution in [0.25, 0.3) is 0 Å². The van der Waals surface area contributed by atoms with E-state index in [0.717, 1.165) is 0 Å². The predicted molar refractivity (Wildman–Crippen MR) is 85.0 cm³/mol. The first-order valence-electron chi connectivity index (χ1n) is 7.73. The Labute approximate surface area is 136 Å². The minimum atomic E-state index is -0.969.